The molecule has 0 rings (SSSR count). The van der Waals surface area contributed by atoms with Crippen molar-refractivity contribution in [2.75, 3.05) is 0 Å². The highest BCUT2D eigenvalue weighted by Crippen LogP contribution is 2.25. The molecular formula is C12H26N2. The Morgan fingerprint density at radius 1 is 1.00 bits per heavy atom. The standard InChI is InChI=1S/C12H26N2/c1-8(2)7-11(9(3)4)12(14-13)10(5)6/h8-10,14H,7,13H2,1-6H3/b12-11+. The quantitative estimate of drug-likeness (QED) is 0.526. The lowest BCUT2D eigenvalue weighted by molar-refractivity contribution is 0.545. The Kier molecular flexibility index (Phi) is 5.86. The Morgan fingerprint density at radius 3 is 1.71 bits per heavy atom. The fourth-order valence-corrected chi connectivity index (χ4v) is 1.73. The Labute approximate surface area is 88.9 Å². The van der Waals surface area contributed by atoms with Crippen LogP contribution in [0.15, 0.2) is 11.3 Å². The van der Waals surface area contributed by atoms with Gasteiger partial charge in [0.05, 0.1) is 0 Å². The third-order valence-electron chi connectivity index (χ3n) is 2.40. The van der Waals surface area contributed by atoms with Crippen molar-refractivity contribution in [1.29, 1.82) is 0 Å². The van der Waals surface area contributed by atoms with Crippen molar-refractivity contribution in [3.63, 3.8) is 0 Å². The van der Waals surface area contributed by atoms with Crippen LogP contribution in [-0.2, 0) is 0 Å². The molecule has 0 bridgehead atoms. The van der Waals surface area contributed by atoms with Crippen LogP contribution in [0.25, 0.3) is 0 Å². The molecule has 0 unspecified atom stereocenters. The molecule has 14 heavy (non-hydrogen) atoms. The number of allylic oxidation sites excluding steroid dienone is 2. The molecule has 2 heteroatoms. The summed E-state index contributed by atoms with van der Waals surface area (Å²) in [6.07, 6.45) is 1.13. The average Bonchev–Trinajstić information content (AvgIpc) is 2.02. The highest BCUT2D eigenvalue weighted by molar-refractivity contribution is 5.16. The lowest BCUT2D eigenvalue weighted by Gasteiger charge is -2.22. The maximum atomic E-state index is 5.58. The summed E-state index contributed by atoms with van der Waals surface area (Å²) in [6, 6.07) is 0. The van der Waals surface area contributed by atoms with Gasteiger partial charge in [0.2, 0.25) is 0 Å². The van der Waals surface area contributed by atoms with Crippen LogP contribution < -0.4 is 11.3 Å². The number of nitrogens with one attached hydrogen (secondary N) is 1. The van der Waals surface area contributed by atoms with E-state index < -0.39 is 0 Å². The number of hydrogen-bond acceptors (Lipinski definition) is 2. The normalized spacial score (nSPS) is 13.9. The summed E-state index contributed by atoms with van der Waals surface area (Å²) < 4.78 is 0. The zero-order valence-electron chi connectivity index (χ0n) is 10.5. The molecule has 0 radical (unpaired) electrons. The van der Waals surface area contributed by atoms with Gasteiger partial charge in [0, 0.05) is 5.70 Å². The lowest BCUT2D eigenvalue weighted by atomic mass is 9.89. The van der Waals surface area contributed by atoms with Crippen LogP contribution in [0.2, 0.25) is 0 Å². The Balaban J connectivity index is 4.89. The first-order valence-corrected chi connectivity index (χ1v) is 5.59. The molecule has 2 nitrogen and oxygen atoms in total. The van der Waals surface area contributed by atoms with Gasteiger partial charge in [0.15, 0.2) is 0 Å². The van der Waals surface area contributed by atoms with Crippen LogP contribution in [-0.4, -0.2) is 0 Å². The summed E-state index contributed by atoms with van der Waals surface area (Å²) in [6.45, 7) is 13.3. The molecule has 0 aliphatic rings. The highest BCUT2D eigenvalue weighted by Gasteiger charge is 2.14. The van der Waals surface area contributed by atoms with E-state index in [-0.39, 0.29) is 0 Å². The molecule has 0 amide bonds. The molecule has 0 fully saturated rings. The van der Waals surface area contributed by atoms with Crippen LogP contribution in [0.5, 0.6) is 0 Å². The molecule has 0 saturated carbocycles. The number of nitrogens with two attached hydrogens (primary N) is 1. The van der Waals surface area contributed by atoms with Crippen LogP contribution in [0, 0.1) is 17.8 Å². The molecule has 0 aliphatic heterocycles. The molecule has 0 aromatic rings. The molecule has 0 aliphatic carbocycles. The van der Waals surface area contributed by atoms with Crippen molar-refractivity contribution >= 4 is 0 Å². The van der Waals surface area contributed by atoms with Gasteiger partial charge in [-0.05, 0) is 29.7 Å². The monoisotopic (exact) mass is 198 g/mol. The highest BCUT2D eigenvalue weighted by atomic mass is 15.2. The lowest BCUT2D eigenvalue weighted by Crippen LogP contribution is -2.27. The molecular weight excluding hydrogens is 172 g/mol. The summed E-state index contributed by atoms with van der Waals surface area (Å²) in [7, 11) is 0. The number of hydrogen-bond donors (Lipinski definition) is 2. The van der Waals surface area contributed by atoms with Crippen LogP contribution in [0.4, 0.5) is 0 Å². The molecule has 84 valence electrons. The maximum absolute atomic E-state index is 5.58. The first kappa shape index (κ1) is 13.5. The van der Waals surface area contributed by atoms with Gasteiger partial charge in [-0.3, -0.25) is 5.84 Å². The van der Waals surface area contributed by atoms with E-state index in [1.54, 1.807) is 0 Å². The van der Waals surface area contributed by atoms with E-state index in [1.165, 1.54) is 11.3 Å². The predicted molar refractivity (Wildman–Crippen MR) is 63.5 cm³/mol. The van der Waals surface area contributed by atoms with Crippen LogP contribution in [0.1, 0.15) is 48.0 Å². The van der Waals surface area contributed by atoms with Gasteiger partial charge in [-0.2, -0.15) is 0 Å². The second kappa shape index (κ2) is 6.07. The minimum Gasteiger partial charge on any atom is -0.328 e. The van der Waals surface area contributed by atoms with E-state index in [1.807, 2.05) is 0 Å². The first-order chi connectivity index (χ1) is 6.40. The van der Waals surface area contributed by atoms with Gasteiger partial charge in [0.1, 0.15) is 0 Å². The smallest absolute Gasteiger partial charge is 0.0279 e. The van der Waals surface area contributed by atoms with Gasteiger partial charge in [-0.1, -0.05) is 41.5 Å². The van der Waals surface area contributed by atoms with Crippen molar-refractivity contribution < 1.29 is 0 Å². The average molecular weight is 198 g/mol. The van der Waals surface area contributed by atoms with Crippen molar-refractivity contribution in [3.05, 3.63) is 11.3 Å². The number of rotatable bonds is 5. The van der Waals surface area contributed by atoms with Crippen molar-refractivity contribution in [2.45, 2.75) is 48.0 Å². The molecule has 0 heterocycles. The van der Waals surface area contributed by atoms with Gasteiger partial charge in [-0.15, -0.1) is 0 Å². The van der Waals surface area contributed by atoms with Gasteiger partial charge in [-0.25, -0.2) is 0 Å². The Morgan fingerprint density at radius 2 is 1.50 bits per heavy atom. The van der Waals surface area contributed by atoms with Crippen LogP contribution in [0.3, 0.4) is 0 Å². The van der Waals surface area contributed by atoms with E-state index in [2.05, 4.69) is 47.0 Å². The van der Waals surface area contributed by atoms with Gasteiger partial charge < -0.3 is 5.43 Å². The van der Waals surface area contributed by atoms with Gasteiger partial charge >= 0.3 is 0 Å². The first-order valence-electron chi connectivity index (χ1n) is 5.59. The summed E-state index contributed by atoms with van der Waals surface area (Å²) in [5.74, 6) is 7.33. The molecule has 0 spiro atoms. The van der Waals surface area contributed by atoms with Crippen molar-refractivity contribution in [3.8, 4) is 0 Å². The summed E-state index contributed by atoms with van der Waals surface area (Å²) in [4.78, 5) is 0. The minimum absolute atomic E-state index is 0.483. The van der Waals surface area contributed by atoms with E-state index in [0.29, 0.717) is 17.8 Å². The maximum Gasteiger partial charge on any atom is 0.0279 e. The Hall–Kier alpha value is -0.500. The summed E-state index contributed by atoms with van der Waals surface area (Å²) >= 11 is 0. The number of hydrazine groups is 1. The van der Waals surface area contributed by atoms with Gasteiger partial charge in [0.25, 0.3) is 0 Å². The van der Waals surface area contributed by atoms with E-state index in [9.17, 15) is 0 Å². The summed E-state index contributed by atoms with van der Waals surface area (Å²) in [5, 5.41) is 0. The zero-order valence-corrected chi connectivity index (χ0v) is 10.5. The fraction of sp³-hybridized carbons (Fsp3) is 0.833. The second-order valence-electron chi connectivity index (χ2n) is 4.99. The molecule has 0 atom stereocenters. The third-order valence-corrected chi connectivity index (χ3v) is 2.40. The fourth-order valence-electron chi connectivity index (χ4n) is 1.73. The largest absolute Gasteiger partial charge is 0.328 e. The van der Waals surface area contributed by atoms with Crippen molar-refractivity contribution in [1.82, 2.24) is 5.43 Å². The zero-order chi connectivity index (χ0) is 11.3. The summed E-state index contributed by atoms with van der Waals surface area (Å²) in [5.41, 5.74) is 5.55. The SMILES string of the molecule is CC(C)C/C(=C(\NN)C(C)C)C(C)C. The van der Waals surface area contributed by atoms with Crippen molar-refractivity contribution in [2.24, 2.45) is 23.6 Å². The molecule has 0 aromatic heterocycles. The molecule has 0 saturated heterocycles. The Bertz CT molecular complexity index is 190. The van der Waals surface area contributed by atoms with E-state index in [4.69, 9.17) is 5.84 Å². The topological polar surface area (TPSA) is 38.0 Å². The minimum atomic E-state index is 0.483. The van der Waals surface area contributed by atoms with Crippen LogP contribution >= 0.6 is 0 Å². The van der Waals surface area contributed by atoms with E-state index in [0.717, 1.165) is 6.42 Å². The third kappa shape index (κ3) is 4.14. The molecule has 0 aromatic carbocycles. The second-order valence-corrected chi connectivity index (χ2v) is 4.99. The molecule has 3 N–H and O–H groups in total. The van der Waals surface area contributed by atoms with E-state index >= 15 is 0 Å². The predicted octanol–water partition coefficient (Wildman–Crippen LogP) is 3.06.